The molecule has 0 saturated carbocycles. The Morgan fingerprint density at radius 2 is 2.19 bits per heavy atom. The molecule has 0 aromatic carbocycles. The third-order valence-corrected chi connectivity index (χ3v) is 3.06. The second kappa shape index (κ2) is 7.82. The van der Waals surface area contributed by atoms with Crippen LogP contribution in [0.25, 0.3) is 0 Å². The van der Waals surface area contributed by atoms with E-state index in [1.165, 1.54) is 25.9 Å². The quantitative estimate of drug-likeness (QED) is 0.685. The van der Waals surface area contributed by atoms with Gasteiger partial charge in [-0.05, 0) is 47.0 Å². The van der Waals surface area contributed by atoms with E-state index in [4.69, 9.17) is 0 Å². The van der Waals surface area contributed by atoms with Crippen LogP contribution < -0.4 is 5.32 Å². The maximum atomic E-state index is 3.60. The monoisotopic (exact) mass is 225 g/mol. The summed E-state index contributed by atoms with van der Waals surface area (Å²) in [5.74, 6) is 0. The molecule has 1 aliphatic rings. The minimum atomic E-state index is 0.692. The van der Waals surface area contributed by atoms with Crippen molar-refractivity contribution < 1.29 is 0 Å². The van der Waals surface area contributed by atoms with Crippen LogP contribution in [-0.4, -0.2) is 63.2 Å². The van der Waals surface area contributed by atoms with Gasteiger partial charge in [-0.3, -0.25) is 0 Å². The zero-order chi connectivity index (χ0) is 11.8. The van der Waals surface area contributed by atoms with E-state index >= 15 is 0 Å². The Kier molecular flexibility index (Phi) is 6.69. The van der Waals surface area contributed by atoms with E-state index in [-0.39, 0.29) is 0 Å². The largest absolute Gasteiger partial charge is 0.309 e. The van der Waals surface area contributed by atoms with Crippen LogP contribution in [0.1, 0.15) is 19.3 Å². The molecule has 0 aromatic rings. The van der Waals surface area contributed by atoms with Gasteiger partial charge >= 0.3 is 0 Å². The Labute approximate surface area is 100 Å². The number of likely N-dealkylation sites (tertiary alicyclic amines) is 1. The highest BCUT2D eigenvalue weighted by atomic mass is 15.1. The number of nitrogens with one attached hydrogen (secondary N) is 1. The molecule has 1 aliphatic heterocycles. The first-order chi connectivity index (χ1) is 7.68. The fraction of sp³-hybridized carbons (Fsp3) is 0.846. The van der Waals surface area contributed by atoms with Gasteiger partial charge in [0.05, 0.1) is 0 Å². The smallest absolute Gasteiger partial charge is 0.0198 e. The van der Waals surface area contributed by atoms with Crippen LogP contribution in [0.3, 0.4) is 0 Å². The lowest BCUT2D eigenvalue weighted by Crippen LogP contribution is -2.43. The standard InChI is InChI=1S/C13H27N3/c1-15(2)10-6-4-5-9-14-13-8-7-11-16(3)12-13/h4-5,13-14H,6-12H2,1-3H3. The molecular weight excluding hydrogens is 198 g/mol. The second-order valence-electron chi connectivity index (χ2n) is 5.07. The Morgan fingerprint density at radius 1 is 1.38 bits per heavy atom. The summed E-state index contributed by atoms with van der Waals surface area (Å²) in [6.45, 7) is 4.62. The average molecular weight is 225 g/mol. The molecule has 1 unspecified atom stereocenters. The van der Waals surface area contributed by atoms with E-state index in [1.807, 2.05) is 0 Å². The Bertz CT molecular complexity index is 201. The minimum absolute atomic E-state index is 0.692. The Morgan fingerprint density at radius 3 is 2.88 bits per heavy atom. The van der Waals surface area contributed by atoms with E-state index in [0.29, 0.717) is 6.04 Å². The molecular formula is C13H27N3. The first-order valence-electron chi connectivity index (χ1n) is 6.40. The van der Waals surface area contributed by atoms with E-state index in [0.717, 1.165) is 19.5 Å². The zero-order valence-corrected chi connectivity index (χ0v) is 11.1. The summed E-state index contributed by atoms with van der Waals surface area (Å²) in [5.41, 5.74) is 0. The molecule has 0 bridgehead atoms. The second-order valence-corrected chi connectivity index (χ2v) is 5.07. The Hall–Kier alpha value is -0.380. The normalized spacial score (nSPS) is 23.4. The number of hydrogen-bond acceptors (Lipinski definition) is 3. The lowest BCUT2D eigenvalue weighted by Gasteiger charge is -2.30. The van der Waals surface area contributed by atoms with Crippen molar-refractivity contribution in [1.82, 2.24) is 15.1 Å². The Balaban J connectivity index is 2.01. The first-order valence-corrected chi connectivity index (χ1v) is 6.40. The van der Waals surface area contributed by atoms with Crippen LogP contribution >= 0.6 is 0 Å². The van der Waals surface area contributed by atoms with Crippen LogP contribution in [0.2, 0.25) is 0 Å². The van der Waals surface area contributed by atoms with E-state index < -0.39 is 0 Å². The molecule has 1 atom stereocenters. The minimum Gasteiger partial charge on any atom is -0.309 e. The molecule has 1 N–H and O–H groups in total. The molecule has 94 valence electrons. The van der Waals surface area contributed by atoms with Crippen LogP contribution in [0.4, 0.5) is 0 Å². The highest BCUT2D eigenvalue weighted by Crippen LogP contribution is 2.07. The average Bonchev–Trinajstić information content (AvgIpc) is 2.23. The van der Waals surface area contributed by atoms with Gasteiger partial charge in [-0.15, -0.1) is 0 Å². The van der Waals surface area contributed by atoms with Gasteiger partial charge < -0.3 is 15.1 Å². The fourth-order valence-electron chi connectivity index (χ4n) is 2.10. The molecule has 0 radical (unpaired) electrons. The van der Waals surface area contributed by atoms with Crippen molar-refractivity contribution in [1.29, 1.82) is 0 Å². The van der Waals surface area contributed by atoms with Gasteiger partial charge in [-0.2, -0.15) is 0 Å². The van der Waals surface area contributed by atoms with Gasteiger partial charge in [-0.1, -0.05) is 12.2 Å². The molecule has 1 saturated heterocycles. The van der Waals surface area contributed by atoms with E-state index in [1.54, 1.807) is 0 Å². The van der Waals surface area contributed by atoms with Gasteiger partial charge in [0.15, 0.2) is 0 Å². The zero-order valence-electron chi connectivity index (χ0n) is 11.1. The molecule has 0 aliphatic carbocycles. The van der Waals surface area contributed by atoms with Gasteiger partial charge in [-0.25, -0.2) is 0 Å². The molecule has 16 heavy (non-hydrogen) atoms. The molecule has 0 amide bonds. The predicted octanol–water partition coefficient (Wildman–Crippen LogP) is 1.18. The van der Waals surface area contributed by atoms with Gasteiger partial charge in [0.1, 0.15) is 0 Å². The highest BCUT2D eigenvalue weighted by molar-refractivity contribution is 4.87. The van der Waals surface area contributed by atoms with Crippen LogP contribution in [0.5, 0.6) is 0 Å². The summed E-state index contributed by atoms with van der Waals surface area (Å²) in [4.78, 5) is 4.63. The van der Waals surface area contributed by atoms with E-state index in [2.05, 4.69) is 48.4 Å². The molecule has 0 aromatic heterocycles. The van der Waals surface area contributed by atoms with Crippen molar-refractivity contribution in [2.24, 2.45) is 0 Å². The van der Waals surface area contributed by atoms with Crippen LogP contribution in [0, 0.1) is 0 Å². The fourth-order valence-corrected chi connectivity index (χ4v) is 2.10. The summed E-state index contributed by atoms with van der Waals surface area (Å²) < 4.78 is 0. The maximum absolute atomic E-state index is 3.60. The van der Waals surface area contributed by atoms with Crippen molar-refractivity contribution in [3.63, 3.8) is 0 Å². The van der Waals surface area contributed by atoms with Crippen molar-refractivity contribution >= 4 is 0 Å². The number of nitrogens with zero attached hydrogens (tertiary/aromatic N) is 2. The predicted molar refractivity (Wildman–Crippen MR) is 70.8 cm³/mol. The third kappa shape index (κ3) is 6.26. The summed E-state index contributed by atoms with van der Waals surface area (Å²) in [6.07, 6.45) is 8.35. The van der Waals surface area contributed by atoms with Crippen LogP contribution in [-0.2, 0) is 0 Å². The van der Waals surface area contributed by atoms with Gasteiger partial charge in [0.25, 0.3) is 0 Å². The summed E-state index contributed by atoms with van der Waals surface area (Å²) in [5, 5.41) is 3.60. The van der Waals surface area contributed by atoms with Crippen molar-refractivity contribution in [2.45, 2.75) is 25.3 Å². The topological polar surface area (TPSA) is 18.5 Å². The molecule has 1 rings (SSSR count). The summed E-state index contributed by atoms with van der Waals surface area (Å²) >= 11 is 0. The lowest BCUT2D eigenvalue weighted by atomic mass is 10.1. The number of rotatable bonds is 6. The van der Waals surface area contributed by atoms with Crippen molar-refractivity contribution in [2.75, 3.05) is 47.3 Å². The lowest BCUT2D eigenvalue weighted by molar-refractivity contribution is 0.231. The number of likely N-dealkylation sites (N-methyl/N-ethyl adjacent to an activating group) is 1. The van der Waals surface area contributed by atoms with Crippen molar-refractivity contribution in [3.8, 4) is 0 Å². The SMILES string of the molecule is CN(C)CCC=CCNC1CCCN(C)C1. The number of hydrogen-bond donors (Lipinski definition) is 1. The van der Waals surface area contributed by atoms with Gasteiger partial charge in [0, 0.05) is 25.7 Å². The summed E-state index contributed by atoms with van der Waals surface area (Å²) in [6, 6.07) is 0.692. The number of piperidine rings is 1. The summed E-state index contributed by atoms with van der Waals surface area (Å²) in [7, 11) is 6.44. The van der Waals surface area contributed by atoms with Gasteiger partial charge in [0.2, 0.25) is 0 Å². The first kappa shape index (κ1) is 13.7. The molecule has 1 fully saturated rings. The third-order valence-electron chi connectivity index (χ3n) is 3.06. The van der Waals surface area contributed by atoms with Crippen molar-refractivity contribution in [3.05, 3.63) is 12.2 Å². The van der Waals surface area contributed by atoms with E-state index in [9.17, 15) is 0 Å². The highest BCUT2D eigenvalue weighted by Gasteiger charge is 2.15. The molecule has 3 nitrogen and oxygen atoms in total. The molecule has 1 heterocycles. The maximum Gasteiger partial charge on any atom is 0.0198 e. The van der Waals surface area contributed by atoms with Crippen LogP contribution in [0.15, 0.2) is 12.2 Å². The molecule has 0 spiro atoms. The molecule has 3 heteroatoms.